The summed E-state index contributed by atoms with van der Waals surface area (Å²) in [5.74, 6) is 1.99. The van der Waals surface area contributed by atoms with E-state index >= 15 is 0 Å². The number of hydrogen-bond acceptors (Lipinski definition) is 4. The summed E-state index contributed by atoms with van der Waals surface area (Å²) in [4.78, 5) is 27.4. The summed E-state index contributed by atoms with van der Waals surface area (Å²) in [6.45, 7) is 12.4. The van der Waals surface area contributed by atoms with E-state index < -0.39 is 5.41 Å². The number of carbonyl (C=O) groups excluding carboxylic acids is 2. The molecule has 150 valence electrons. The van der Waals surface area contributed by atoms with Crippen LogP contribution in [0.4, 0.5) is 11.4 Å². The minimum atomic E-state index is -0.622. The Morgan fingerprint density at radius 3 is 2.57 bits per heavy atom. The Morgan fingerprint density at radius 1 is 1.25 bits per heavy atom. The van der Waals surface area contributed by atoms with Crippen molar-refractivity contribution < 1.29 is 18.7 Å². The fourth-order valence-corrected chi connectivity index (χ4v) is 3.33. The van der Waals surface area contributed by atoms with E-state index in [2.05, 4.69) is 19.2 Å². The van der Waals surface area contributed by atoms with Crippen LogP contribution in [-0.2, 0) is 4.79 Å². The van der Waals surface area contributed by atoms with Gasteiger partial charge in [-0.05, 0) is 51.8 Å². The smallest absolute Gasteiger partial charge is 0.259 e. The second-order valence-corrected chi connectivity index (χ2v) is 8.45. The number of hydrogen-bond donors (Lipinski definition) is 1. The number of amides is 2. The predicted octanol–water partition coefficient (Wildman–Crippen LogP) is 4.56. The fourth-order valence-electron chi connectivity index (χ4n) is 3.33. The third-order valence-corrected chi connectivity index (χ3v) is 4.75. The predicted molar refractivity (Wildman–Crippen MR) is 109 cm³/mol. The van der Waals surface area contributed by atoms with Crippen molar-refractivity contribution in [1.29, 1.82) is 0 Å². The minimum Gasteiger partial charge on any atom is -0.490 e. The Balaban J connectivity index is 1.91. The summed E-state index contributed by atoms with van der Waals surface area (Å²) < 4.78 is 11.4. The molecule has 1 aromatic carbocycles. The van der Waals surface area contributed by atoms with Gasteiger partial charge in [0.1, 0.15) is 23.9 Å². The van der Waals surface area contributed by atoms with Crippen molar-refractivity contribution >= 4 is 23.2 Å². The molecule has 0 saturated carbocycles. The number of benzene rings is 1. The maximum absolute atomic E-state index is 13.0. The van der Waals surface area contributed by atoms with Gasteiger partial charge in [0.05, 0.1) is 16.7 Å². The average molecular weight is 384 g/mol. The number of ether oxygens (including phenoxy) is 1. The number of furan rings is 1. The minimum absolute atomic E-state index is 0.0428. The van der Waals surface area contributed by atoms with Gasteiger partial charge in [0, 0.05) is 18.3 Å². The zero-order chi connectivity index (χ0) is 20.6. The van der Waals surface area contributed by atoms with Crippen LogP contribution < -0.4 is 15.0 Å². The lowest BCUT2D eigenvalue weighted by molar-refractivity contribution is -0.127. The first-order chi connectivity index (χ1) is 13.1. The molecule has 0 aliphatic carbocycles. The first kappa shape index (κ1) is 20.0. The van der Waals surface area contributed by atoms with Crippen LogP contribution >= 0.6 is 0 Å². The Hall–Kier alpha value is -2.76. The molecule has 3 rings (SSSR count). The lowest BCUT2D eigenvalue weighted by atomic mass is 9.92. The van der Waals surface area contributed by atoms with Crippen molar-refractivity contribution in [3.8, 4) is 5.75 Å². The van der Waals surface area contributed by atoms with Crippen molar-refractivity contribution in [1.82, 2.24) is 0 Å². The molecular weight excluding hydrogens is 356 g/mol. The molecule has 0 unspecified atom stereocenters. The molecule has 1 aliphatic rings. The molecular formula is C22H28N2O4. The molecule has 28 heavy (non-hydrogen) atoms. The van der Waals surface area contributed by atoms with E-state index in [0.29, 0.717) is 41.0 Å². The highest BCUT2D eigenvalue weighted by atomic mass is 16.5. The van der Waals surface area contributed by atoms with Crippen molar-refractivity contribution in [2.24, 2.45) is 11.3 Å². The van der Waals surface area contributed by atoms with Crippen molar-refractivity contribution in [2.45, 2.75) is 41.5 Å². The quantitative estimate of drug-likeness (QED) is 0.839. The molecule has 1 aliphatic heterocycles. The lowest BCUT2D eigenvalue weighted by Crippen LogP contribution is -2.43. The molecule has 1 aromatic heterocycles. The monoisotopic (exact) mass is 384 g/mol. The van der Waals surface area contributed by atoms with Crippen molar-refractivity contribution in [3.05, 3.63) is 41.3 Å². The first-order valence-electron chi connectivity index (χ1n) is 9.55. The van der Waals surface area contributed by atoms with Gasteiger partial charge in [0.2, 0.25) is 5.91 Å². The number of anilines is 2. The van der Waals surface area contributed by atoms with Gasteiger partial charge in [-0.1, -0.05) is 13.8 Å². The van der Waals surface area contributed by atoms with Gasteiger partial charge in [0.25, 0.3) is 5.91 Å². The number of nitrogens with one attached hydrogen (secondary N) is 1. The molecule has 0 atom stereocenters. The highest BCUT2D eigenvalue weighted by molar-refractivity contribution is 6.05. The first-order valence-corrected chi connectivity index (χ1v) is 9.55. The summed E-state index contributed by atoms with van der Waals surface area (Å²) in [7, 11) is 0. The molecule has 2 aromatic rings. The summed E-state index contributed by atoms with van der Waals surface area (Å²) >= 11 is 0. The van der Waals surface area contributed by atoms with Crippen LogP contribution in [0.2, 0.25) is 0 Å². The second-order valence-electron chi connectivity index (χ2n) is 8.45. The van der Waals surface area contributed by atoms with Gasteiger partial charge in [-0.15, -0.1) is 0 Å². The van der Waals surface area contributed by atoms with E-state index in [1.54, 1.807) is 30.0 Å². The molecule has 0 fully saturated rings. The number of fused-ring (bicyclic) bond motifs is 1. The summed E-state index contributed by atoms with van der Waals surface area (Å²) in [6, 6.07) is 7.12. The van der Waals surface area contributed by atoms with Gasteiger partial charge in [-0.2, -0.15) is 0 Å². The molecule has 0 saturated heterocycles. The normalized spacial score (nSPS) is 15.8. The molecule has 6 heteroatoms. The number of rotatable bonds is 4. The zero-order valence-corrected chi connectivity index (χ0v) is 17.4. The SMILES string of the molecule is Cc1cc(C(=O)Nc2ccc3c(c2)OCC(C)(C)C(=O)N3CC(C)C)c(C)o1. The van der Waals surface area contributed by atoms with E-state index in [9.17, 15) is 9.59 Å². The van der Waals surface area contributed by atoms with Crippen LogP contribution in [0.25, 0.3) is 0 Å². The highest BCUT2D eigenvalue weighted by Gasteiger charge is 2.38. The summed E-state index contributed by atoms with van der Waals surface area (Å²) in [5, 5.41) is 2.89. The third-order valence-electron chi connectivity index (χ3n) is 4.75. The largest absolute Gasteiger partial charge is 0.490 e. The fraction of sp³-hybridized carbons (Fsp3) is 0.455. The lowest BCUT2D eigenvalue weighted by Gasteiger charge is -2.29. The van der Waals surface area contributed by atoms with Crippen LogP contribution in [0.5, 0.6) is 5.75 Å². The van der Waals surface area contributed by atoms with Crippen LogP contribution in [0.3, 0.4) is 0 Å². The van der Waals surface area contributed by atoms with E-state index in [4.69, 9.17) is 9.15 Å². The van der Waals surface area contributed by atoms with Crippen LogP contribution in [0, 0.1) is 25.2 Å². The Bertz CT molecular complexity index is 911. The molecule has 1 N–H and O–H groups in total. The van der Waals surface area contributed by atoms with Gasteiger partial charge in [-0.25, -0.2) is 0 Å². The van der Waals surface area contributed by atoms with E-state index in [1.165, 1.54) is 0 Å². The maximum Gasteiger partial charge on any atom is 0.259 e. The molecule has 0 bridgehead atoms. The molecule has 0 spiro atoms. The van der Waals surface area contributed by atoms with Gasteiger partial charge < -0.3 is 19.4 Å². The Labute approximate surface area is 165 Å². The van der Waals surface area contributed by atoms with E-state index in [-0.39, 0.29) is 18.4 Å². The standard InChI is InChI=1S/C22H28N2O4/c1-13(2)11-24-18-8-7-16(10-19(18)27-12-22(5,6)21(24)26)23-20(25)17-9-14(3)28-15(17)4/h7-10,13H,11-12H2,1-6H3,(H,23,25). The van der Waals surface area contributed by atoms with Crippen LogP contribution in [0.15, 0.2) is 28.7 Å². The average Bonchev–Trinajstić information content (AvgIpc) is 2.92. The topological polar surface area (TPSA) is 71.8 Å². The number of nitrogens with zero attached hydrogens (tertiary/aromatic N) is 1. The Kier molecular flexibility index (Phi) is 5.24. The van der Waals surface area contributed by atoms with Gasteiger partial charge in [0.15, 0.2) is 0 Å². The second kappa shape index (κ2) is 7.34. The molecule has 2 amide bonds. The maximum atomic E-state index is 13.0. The van der Waals surface area contributed by atoms with Crippen molar-refractivity contribution in [3.63, 3.8) is 0 Å². The van der Waals surface area contributed by atoms with Crippen LogP contribution in [-0.4, -0.2) is 25.0 Å². The van der Waals surface area contributed by atoms with Crippen molar-refractivity contribution in [2.75, 3.05) is 23.4 Å². The van der Waals surface area contributed by atoms with Gasteiger partial charge >= 0.3 is 0 Å². The molecule has 2 heterocycles. The van der Waals surface area contributed by atoms with E-state index in [0.717, 1.165) is 5.69 Å². The zero-order valence-electron chi connectivity index (χ0n) is 17.4. The Morgan fingerprint density at radius 2 is 1.96 bits per heavy atom. The number of aryl methyl sites for hydroxylation is 2. The summed E-state index contributed by atoms with van der Waals surface area (Å²) in [5.41, 5.74) is 1.23. The molecule has 0 radical (unpaired) electrons. The molecule has 6 nitrogen and oxygen atoms in total. The van der Waals surface area contributed by atoms with Crippen LogP contribution in [0.1, 0.15) is 49.6 Å². The van der Waals surface area contributed by atoms with Gasteiger partial charge in [-0.3, -0.25) is 9.59 Å². The number of carbonyl (C=O) groups is 2. The third kappa shape index (κ3) is 3.91. The van der Waals surface area contributed by atoms with E-state index in [1.807, 2.05) is 26.8 Å². The summed E-state index contributed by atoms with van der Waals surface area (Å²) in [6.07, 6.45) is 0. The highest BCUT2D eigenvalue weighted by Crippen LogP contribution is 2.38.